The van der Waals surface area contributed by atoms with Crippen LogP contribution in [0.3, 0.4) is 0 Å². The Labute approximate surface area is 202 Å². The molecular weight excluding hydrogens is 502 g/mol. The molecule has 2 N–H and O–H groups in total. The molecule has 0 atom stereocenters. The van der Waals surface area contributed by atoms with Crippen molar-refractivity contribution in [2.75, 3.05) is 0 Å². The van der Waals surface area contributed by atoms with E-state index < -0.39 is 46.2 Å². The van der Waals surface area contributed by atoms with Gasteiger partial charge in [0, 0.05) is 21.7 Å². The molecule has 184 valence electrons. The van der Waals surface area contributed by atoms with Crippen LogP contribution in [0.1, 0.15) is 27.2 Å². The first-order valence-electron chi connectivity index (χ1n) is 10.4. The zero-order valence-electron chi connectivity index (χ0n) is 18.3. The zero-order valence-corrected chi connectivity index (χ0v) is 19.1. The average molecular weight is 517 g/mol. The number of nitrogens with one attached hydrogen (secondary N) is 1. The number of aryl methyl sites for hydroxylation is 1. The van der Waals surface area contributed by atoms with Crippen LogP contribution in [0.2, 0.25) is 0 Å². The second kappa shape index (κ2) is 8.19. The maximum atomic E-state index is 14.8. The maximum Gasteiger partial charge on any atom is 0.416 e. The Bertz CT molecular complexity index is 1810. The lowest BCUT2D eigenvalue weighted by Crippen LogP contribution is -2.34. The highest BCUT2D eigenvalue weighted by Gasteiger charge is 2.33. The number of carboxylic acid groups (broad SMARTS) is 1. The van der Waals surface area contributed by atoms with Gasteiger partial charge in [-0.25, -0.2) is 18.5 Å². The number of aromatic carboxylic acids is 1. The van der Waals surface area contributed by atoms with Crippen molar-refractivity contribution in [3.8, 4) is 5.69 Å². The Balaban J connectivity index is 1.94. The van der Waals surface area contributed by atoms with Crippen molar-refractivity contribution >= 4 is 39.1 Å². The third kappa shape index (κ3) is 3.61. The van der Waals surface area contributed by atoms with Gasteiger partial charge >= 0.3 is 17.8 Å². The van der Waals surface area contributed by atoms with Gasteiger partial charge in [-0.15, -0.1) is 11.3 Å². The van der Waals surface area contributed by atoms with Crippen molar-refractivity contribution in [1.82, 2.24) is 14.1 Å². The number of thiophene rings is 1. The van der Waals surface area contributed by atoms with Crippen LogP contribution in [-0.4, -0.2) is 25.2 Å². The highest BCUT2D eigenvalue weighted by Crippen LogP contribution is 2.36. The number of carbonyl (C=O) groups is 1. The lowest BCUT2D eigenvalue weighted by molar-refractivity contribution is -0.137. The summed E-state index contributed by atoms with van der Waals surface area (Å²) < 4.78 is 57.2. The Kier molecular flexibility index (Phi) is 5.36. The van der Waals surface area contributed by atoms with E-state index in [1.165, 1.54) is 29.8 Å². The molecule has 0 unspecified atom stereocenters. The van der Waals surface area contributed by atoms with Crippen molar-refractivity contribution in [1.29, 1.82) is 0 Å². The number of hydrogen-bond acceptors (Lipinski definition) is 4. The molecule has 0 aliphatic carbocycles. The minimum atomic E-state index is -4.78. The molecule has 0 fully saturated rings. The fraction of sp³-hybridized carbons (Fsp3) is 0.125. The molecule has 0 saturated heterocycles. The number of benzene rings is 2. The van der Waals surface area contributed by atoms with Gasteiger partial charge < -0.3 is 14.7 Å². The zero-order chi connectivity index (χ0) is 25.9. The van der Waals surface area contributed by atoms with Crippen LogP contribution < -0.4 is 11.2 Å². The normalized spacial score (nSPS) is 12.0. The summed E-state index contributed by atoms with van der Waals surface area (Å²) in [7, 11) is 0. The SMILES string of the molecule is Cc1cccc(Cn2c(C(=O)O)c(-n3c(=O)[nH]c4cscc4c3=O)c3cc(C(F)(F)F)ccc32)c1F. The lowest BCUT2D eigenvalue weighted by Gasteiger charge is -2.12. The summed E-state index contributed by atoms with van der Waals surface area (Å²) in [5.41, 5.74) is -3.62. The number of nitrogens with zero attached hydrogens (tertiary/aromatic N) is 2. The summed E-state index contributed by atoms with van der Waals surface area (Å²) in [4.78, 5) is 41.1. The molecule has 0 aliphatic rings. The second-order valence-electron chi connectivity index (χ2n) is 8.14. The molecule has 0 aliphatic heterocycles. The monoisotopic (exact) mass is 517 g/mol. The fourth-order valence-electron chi connectivity index (χ4n) is 4.27. The number of H-pyrrole nitrogens is 1. The van der Waals surface area contributed by atoms with Crippen LogP contribution in [-0.2, 0) is 12.7 Å². The number of rotatable bonds is 4. The summed E-state index contributed by atoms with van der Waals surface area (Å²) in [6, 6.07) is 6.98. The van der Waals surface area contributed by atoms with Crippen LogP contribution in [0, 0.1) is 12.7 Å². The first kappa shape index (κ1) is 23.5. The largest absolute Gasteiger partial charge is 0.477 e. The predicted octanol–water partition coefficient (Wildman–Crippen LogP) is 4.91. The van der Waals surface area contributed by atoms with E-state index in [0.717, 1.165) is 28.0 Å². The molecule has 12 heteroatoms. The van der Waals surface area contributed by atoms with Crippen LogP contribution in [0.25, 0.3) is 27.5 Å². The Morgan fingerprint density at radius 1 is 1.11 bits per heavy atom. The van der Waals surface area contributed by atoms with E-state index in [0.29, 0.717) is 10.6 Å². The second-order valence-corrected chi connectivity index (χ2v) is 8.88. The smallest absolute Gasteiger partial charge is 0.416 e. The summed E-state index contributed by atoms with van der Waals surface area (Å²) in [5, 5.41) is 12.8. The van der Waals surface area contributed by atoms with Crippen molar-refractivity contribution in [3.63, 3.8) is 0 Å². The van der Waals surface area contributed by atoms with E-state index >= 15 is 0 Å². The van der Waals surface area contributed by atoms with Crippen LogP contribution in [0.4, 0.5) is 17.6 Å². The molecule has 0 amide bonds. The molecule has 2 aromatic carbocycles. The molecule has 0 saturated carbocycles. The first-order valence-corrected chi connectivity index (χ1v) is 11.4. The van der Waals surface area contributed by atoms with Crippen LogP contribution in [0.5, 0.6) is 0 Å². The minimum absolute atomic E-state index is 0.0204. The standard InChI is InChI=1S/C24H15F4N3O4S/c1-11-3-2-4-12(18(11)25)8-30-17-6-5-13(24(26,27)28)7-14(17)19(20(30)22(33)34)31-21(32)15-9-36-10-16(15)29-23(31)35/h2-7,9-10H,8H2,1H3,(H,29,35)(H,33,34). The van der Waals surface area contributed by atoms with Gasteiger partial charge in [-0.3, -0.25) is 4.79 Å². The highest BCUT2D eigenvalue weighted by molar-refractivity contribution is 7.09. The predicted molar refractivity (Wildman–Crippen MR) is 126 cm³/mol. The molecule has 5 aromatic rings. The van der Waals surface area contributed by atoms with E-state index in [2.05, 4.69) is 4.98 Å². The molecule has 5 rings (SSSR count). The topological polar surface area (TPSA) is 97.1 Å². The average Bonchev–Trinajstić information content (AvgIpc) is 3.39. The number of aromatic nitrogens is 3. The highest BCUT2D eigenvalue weighted by atomic mass is 32.1. The van der Waals surface area contributed by atoms with Gasteiger partial charge in [0.25, 0.3) is 5.56 Å². The first-order chi connectivity index (χ1) is 17.0. The summed E-state index contributed by atoms with van der Waals surface area (Å²) in [6.07, 6.45) is -4.78. The third-order valence-corrected chi connectivity index (χ3v) is 6.67. The Morgan fingerprint density at radius 3 is 2.56 bits per heavy atom. The molecule has 0 spiro atoms. The van der Waals surface area contributed by atoms with Crippen molar-refractivity contribution in [2.45, 2.75) is 19.6 Å². The number of alkyl halides is 3. The molecule has 7 nitrogen and oxygen atoms in total. The van der Waals surface area contributed by atoms with Crippen molar-refractivity contribution in [2.24, 2.45) is 0 Å². The van der Waals surface area contributed by atoms with E-state index in [4.69, 9.17) is 0 Å². The van der Waals surface area contributed by atoms with E-state index in [1.54, 1.807) is 6.07 Å². The molecular formula is C24H15F4N3O4S. The van der Waals surface area contributed by atoms with Gasteiger partial charge in [-0.1, -0.05) is 18.2 Å². The number of hydrogen-bond donors (Lipinski definition) is 2. The van der Waals surface area contributed by atoms with Gasteiger partial charge in [0.1, 0.15) is 5.82 Å². The maximum absolute atomic E-state index is 14.8. The van der Waals surface area contributed by atoms with Gasteiger partial charge in [-0.2, -0.15) is 13.2 Å². The fourth-order valence-corrected chi connectivity index (χ4v) is 5.02. The number of halogens is 4. The Hall–Kier alpha value is -4.19. The van der Waals surface area contributed by atoms with Gasteiger partial charge in [-0.05, 0) is 30.7 Å². The van der Waals surface area contributed by atoms with E-state index in [9.17, 15) is 37.1 Å². The number of carboxylic acids is 1. The van der Waals surface area contributed by atoms with Crippen LogP contribution in [0.15, 0.2) is 56.7 Å². The summed E-state index contributed by atoms with van der Waals surface area (Å²) in [6.45, 7) is 1.14. The van der Waals surface area contributed by atoms with Crippen molar-refractivity contribution < 1.29 is 27.5 Å². The van der Waals surface area contributed by atoms with E-state index in [-0.39, 0.29) is 39.5 Å². The summed E-state index contributed by atoms with van der Waals surface area (Å²) >= 11 is 1.11. The minimum Gasteiger partial charge on any atom is -0.477 e. The van der Waals surface area contributed by atoms with Gasteiger partial charge in [0.15, 0.2) is 5.69 Å². The van der Waals surface area contributed by atoms with E-state index in [1.807, 2.05) is 0 Å². The summed E-state index contributed by atoms with van der Waals surface area (Å²) in [5.74, 6) is -2.22. The molecule has 0 radical (unpaired) electrons. The lowest BCUT2D eigenvalue weighted by atomic mass is 10.1. The van der Waals surface area contributed by atoms with Gasteiger partial charge in [0.05, 0.1) is 34.2 Å². The van der Waals surface area contributed by atoms with Crippen LogP contribution >= 0.6 is 11.3 Å². The Morgan fingerprint density at radius 2 is 1.86 bits per heavy atom. The number of aromatic amines is 1. The van der Waals surface area contributed by atoms with Gasteiger partial charge in [0.2, 0.25) is 0 Å². The quantitative estimate of drug-likeness (QED) is 0.331. The molecule has 36 heavy (non-hydrogen) atoms. The number of fused-ring (bicyclic) bond motifs is 2. The van der Waals surface area contributed by atoms with Crippen molar-refractivity contribution in [3.05, 3.63) is 96.2 Å². The molecule has 3 aromatic heterocycles. The molecule has 3 heterocycles. The molecule has 0 bridgehead atoms. The third-order valence-electron chi connectivity index (χ3n) is 5.93.